The normalized spacial score (nSPS) is 12.2. The summed E-state index contributed by atoms with van der Waals surface area (Å²) in [4.78, 5) is 0. The Kier molecular flexibility index (Phi) is 5.26. The van der Waals surface area contributed by atoms with Crippen molar-refractivity contribution < 1.29 is 24.1 Å². The van der Waals surface area contributed by atoms with Gasteiger partial charge in [-0.3, -0.25) is 0 Å². The Balaban J connectivity index is 0.00000225. The number of hydrogen-bond donors (Lipinski definition) is 4. The first-order valence-electron chi connectivity index (χ1n) is 4.21. The molecule has 0 spiro atoms. The highest BCUT2D eigenvalue weighted by Crippen LogP contribution is 2.40. The molecule has 1 aromatic carbocycles. The zero-order valence-corrected chi connectivity index (χ0v) is 8.92. The number of phenols is 3. The monoisotopic (exact) mass is 255 g/mol. The Bertz CT molecular complexity index is 363. The average Bonchev–Trinajstić information content (AvgIpc) is 2.13. The number of hydrogen-bond acceptors (Lipinski definition) is 4. The Labute approximate surface area is 96.7 Å². The van der Waals surface area contributed by atoms with E-state index in [9.17, 15) is 13.9 Å². The number of nitrogens with two attached hydrogens (primary N) is 1. The van der Waals surface area contributed by atoms with Gasteiger partial charge in [0.15, 0.2) is 11.5 Å². The predicted octanol–water partition coefficient (Wildman–Crippen LogP) is 1.88. The summed E-state index contributed by atoms with van der Waals surface area (Å²) < 4.78 is 24.0. The van der Waals surface area contributed by atoms with Gasteiger partial charge in [-0.25, -0.2) is 8.78 Å². The molecule has 0 saturated carbocycles. The third kappa shape index (κ3) is 3.11. The lowest BCUT2D eigenvalue weighted by molar-refractivity contribution is 0.128. The number of rotatable bonds is 3. The molecule has 0 saturated heterocycles. The molecule has 0 aliphatic heterocycles. The molecule has 0 aromatic heterocycles. The van der Waals surface area contributed by atoms with Crippen LogP contribution < -0.4 is 5.73 Å². The first-order valence-corrected chi connectivity index (χ1v) is 4.21. The van der Waals surface area contributed by atoms with Crippen molar-refractivity contribution in [3.8, 4) is 17.2 Å². The molecule has 0 heterocycles. The third-order valence-electron chi connectivity index (χ3n) is 1.99. The molecule has 0 amide bonds. The van der Waals surface area contributed by atoms with Gasteiger partial charge in [0.05, 0.1) is 0 Å². The number of halogens is 3. The minimum Gasteiger partial charge on any atom is -0.504 e. The Hall–Kier alpha value is -1.27. The van der Waals surface area contributed by atoms with Crippen LogP contribution in [-0.2, 0) is 0 Å². The fourth-order valence-corrected chi connectivity index (χ4v) is 1.20. The van der Waals surface area contributed by atoms with Crippen molar-refractivity contribution in [1.29, 1.82) is 0 Å². The Morgan fingerprint density at radius 2 is 1.69 bits per heavy atom. The van der Waals surface area contributed by atoms with Gasteiger partial charge in [-0.15, -0.1) is 12.4 Å². The number of phenolic OH excluding ortho intramolecular Hbond substituents is 3. The molecule has 0 aliphatic rings. The summed E-state index contributed by atoms with van der Waals surface area (Å²) >= 11 is 0. The first-order chi connectivity index (χ1) is 6.93. The SMILES string of the molecule is Cl.N[C@@H](CC(F)F)c1ccc(O)c(O)c1O. The summed E-state index contributed by atoms with van der Waals surface area (Å²) in [5, 5.41) is 27.4. The van der Waals surface area contributed by atoms with Gasteiger partial charge in [0.1, 0.15) is 0 Å². The molecule has 5 N–H and O–H groups in total. The molecule has 0 fully saturated rings. The predicted molar refractivity (Wildman–Crippen MR) is 56.2 cm³/mol. The minimum absolute atomic E-state index is 0. The standard InChI is InChI=1S/C9H11F2NO3.ClH/c10-7(11)3-5(12)4-1-2-6(13)9(15)8(4)14;/h1-2,5,7,13-15H,3,12H2;1H/t5-;/m0./s1. The van der Waals surface area contributed by atoms with Crippen LogP contribution in [0.25, 0.3) is 0 Å². The summed E-state index contributed by atoms with van der Waals surface area (Å²) in [5.74, 6) is -1.94. The van der Waals surface area contributed by atoms with E-state index < -0.39 is 36.1 Å². The van der Waals surface area contributed by atoms with Crippen molar-refractivity contribution in [2.45, 2.75) is 18.9 Å². The van der Waals surface area contributed by atoms with Crippen LogP contribution in [0.2, 0.25) is 0 Å². The van der Waals surface area contributed by atoms with Crippen molar-refractivity contribution in [3.63, 3.8) is 0 Å². The molecule has 1 aromatic rings. The molecule has 1 atom stereocenters. The maximum absolute atomic E-state index is 12.0. The van der Waals surface area contributed by atoms with E-state index in [-0.39, 0.29) is 18.0 Å². The van der Waals surface area contributed by atoms with Gasteiger partial charge >= 0.3 is 0 Å². The second kappa shape index (κ2) is 5.72. The van der Waals surface area contributed by atoms with Crippen LogP contribution in [0.15, 0.2) is 12.1 Å². The molecule has 4 nitrogen and oxygen atoms in total. The van der Waals surface area contributed by atoms with E-state index in [1.165, 1.54) is 6.07 Å². The number of alkyl halides is 2. The zero-order valence-electron chi connectivity index (χ0n) is 8.10. The molecule has 0 aliphatic carbocycles. The summed E-state index contributed by atoms with van der Waals surface area (Å²) in [5.41, 5.74) is 5.36. The molecule has 0 radical (unpaired) electrons. The lowest BCUT2D eigenvalue weighted by Crippen LogP contribution is -2.14. The van der Waals surface area contributed by atoms with Crippen LogP contribution in [0.5, 0.6) is 17.2 Å². The van der Waals surface area contributed by atoms with Crippen LogP contribution in [0.4, 0.5) is 8.78 Å². The lowest BCUT2D eigenvalue weighted by Gasteiger charge is -2.14. The van der Waals surface area contributed by atoms with E-state index in [4.69, 9.17) is 15.9 Å². The topological polar surface area (TPSA) is 86.7 Å². The molecule has 7 heteroatoms. The lowest BCUT2D eigenvalue weighted by atomic mass is 10.0. The second-order valence-electron chi connectivity index (χ2n) is 3.10. The van der Waals surface area contributed by atoms with Gasteiger partial charge in [-0.05, 0) is 12.1 Å². The van der Waals surface area contributed by atoms with E-state index in [0.29, 0.717) is 0 Å². The average molecular weight is 256 g/mol. The highest BCUT2D eigenvalue weighted by atomic mass is 35.5. The van der Waals surface area contributed by atoms with Crippen LogP contribution in [-0.4, -0.2) is 21.7 Å². The van der Waals surface area contributed by atoms with Gasteiger partial charge in [-0.1, -0.05) is 0 Å². The fourth-order valence-electron chi connectivity index (χ4n) is 1.20. The van der Waals surface area contributed by atoms with E-state index in [2.05, 4.69) is 0 Å². The van der Waals surface area contributed by atoms with Crippen molar-refractivity contribution in [2.24, 2.45) is 5.73 Å². The van der Waals surface area contributed by atoms with Crippen molar-refractivity contribution in [1.82, 2.24) is 0 Å². The molecule has 0 unspecified atom stereocenters. The van der Waals surface area contributed by atoms with E-state index >= 15 is 0 Å². The number of aromatic hydroxyl groups is 3. The molecule has 1 rings (SSSR count). The van der Waals surface area contributed by atoms with E-state index in [1.807, 2.05) is 0 Å². The molecule has 92 valence electrons. The quantitative estimate of drug-likeness (QED) is 0.621. The molecular weight excluding hydrogens is 244 g/mol. The largest absolute Gasteiger partial charge is 0.504 e. The fraction of sp³-hybridized carbons (Fsp3) is 0.333. The van der Waals surface area contributed by atoms with Crippen molar-refractivity contribution in [2.75, 3.05) is 0 Å². The van der Waals surface area contributed by atoms with E-state index in [0.717, 1.165) is 6.07 Å². The van der Waals surface area contributed by atoms with Gasteiger partial charge in [0.25, 0.3) is 0 Å². The summed E-state index contributed by atoms with van der Waals surface area (Å²) in [6.45, 7) is 0. The highest BCUT2D eigenvalue weighted by molar-refractivity contribution is 5.85. The molecule has 16 heavy (non-hydrogen) atoms. The van der Waals surface area contributed by atoms with E-state index in [1.54, 1.807) is 0 Å². The minimum atomic E-state index is -2.60. The third-order valence-corrected chi connectivity index (χ3v) is 1.99. The number of benzene rings is 1. The summed E-state index contributed by atoms with van der Waals surface area (Å²) in [6, 6.07) is 1.18. The highest BCUT2D eigenvalue weighted by Gasteiger charge is 2.19. The van der Waals surface area contributed by atoms with Crippen molar-refractivity contribution in [3.05, 3.63) is 17.7 Å². The zero-order chi connectivity index (χ0) is 11.6. The first kappa shape index (κ1) is 14.7. The van der Waals surface area contributed by atoms with Crippen LogP contribution >= 0.6 is 12.4 Å². The Morgan fingerprint density at radius 1 is 1.12 bits per heavy atom. The van der Waals surface area contributed by atoms with Crippen LogP contribution in [0.3, 0.4) is 0 Å². The maximum atomic E-state index is 12.0. The maximum Gasteiger partial charge on any atom is 0.240 e. The summed E-state index contributed by atoms with van der Waals surface area (Å²) in [7, 11) is 0. The van der Waals surface area contributed by atoms with Gasteiger partial charge in [0, 0.05) is 18.0 Å². The van der Waals surface area contributed by atoms with Gasteiger partial charge in [0.2, 0.25) is 12.2 Å². The molecular formula is C9H12ClF2NO3. The van der Waals surface area contributed by atoms with Gasteiger partial charge in [-0.2, -0.15) is 0 Å². The Morgan fingerprint density at radius 3 is 2.19 bits per heavy atom. The second-order valence-corrected chi connectivity index (χ2v) is 3.10. The van der Waals surface area contributed by atoms with Crippen LogP contribution in [0.1, 0.15) is 18.0 Å². The van der Waals surface area contributed by atoms with Crippen LogP contribution in [0, 0.1) is 0 Å². The van der Waals surface area contributed by atoms with Gasteiger partial charge < -0.3 is 21.1 Å². The smallest absolute Gasteiger partial charge is 0.240 e. The van der Waals surface area contributed by atoms with Crippen molar-refractivity contribution >= 4 is 12.4 Å². The molecule has 0 bridgehead atoms. The summed E-state index contributed by atoms with van der Waals surface area (Å²) in [6.07, 6.45) is -3.23.